The number of ether oxygens (including phenoxy) is 1. The maximum absolute atomic E-state index is 12.3. The molecule has 0 saturated carbocycles. The zero-order chi connectivity index (χ0) is 21.4. The maximum Gasteiger partial charge on any atom is 0.490 e. The molecule has 1 aliphatic heterocycles. The minimum atomic E-state index is -5.08. The van der Waals surface area contributed by atoms with Crippen LogP contribution < -0.4 is 5.56 Å². The van der Waals surface area contributed by atoms with Gasteiger partial charge in [-0.25, -0.2) is 19.4 Å². The van der Waals surface area contributed by atoms with E-state index in [0.717, 1.165) is 31.0 Å². The van der Waals surface area contributed by atoms with Crippen LogP contribution >= 0.6 is 0 Å². The van der Waals surface area contributed by atoms with Gasteiger partial charge in [0.2, 0.25) is 0 Å². The summed E-state index contributed by atoms with van der Waals surface area (Å²) in [4.78, 5) is 32.1. The first-order chi connectivity index (χ1) is 13.7. The van der Waals surface area contributed by atoms with Crippen LogP contribution in [-0.2, 0) is 29.2 Å². The molecule has 0 atom stereocenters. The van der Waals surface area contributed by atoms with Gasteiger partial charge in [-0.05, 0) is 6.42 Å². The van der Waals surface area contributed by atoms with E-state index < -0.39 is 12.1 Å². The molecule has 2 aromatic heterocycles. The monoisotopic (exact) mass is 418 g/mol. The van der Waals surface area contributed by atoms with Crippen LogP contribution in [0, 0.1) is 0 Å². The Morgan fingerprint density at radius 2 is 2.07 bits per heavy atom. The summed E-state index contributed by atoms with van der Waals surface area (Å²) < 4.78 is 40.3. The van der Waals surface area contributed by atoms with E-state index >= 15 is 0 Å². The van der Waals surface area contributed by atoms with Crippen molar-refractivity contribution in [1.82, 2.24) is 29.2 Å². The van der Waals surface area contributed by atoms with Crippen LogP contribution in [0.25, 0.3) is 0 Å². The number of methoxy groups -OCH3 is 1. The van der Waals surface area contributed by atoms with Crippen molar-refractivity contribution in [3.8, 4) is 0 Å². The molecule has 3 heterocycles. The van der Waals surface area contributed by atoms with Crippen molar-refractivity contribution in [2.45, 2.75) is 32.2 Å². The highest BCUT2D eigenvalue weighted by Crippen LogP contribution is 2.13. The molecule has 0 fully saturated rings. The fourth-order valence-corrected chi connectivity index (χ4v) is 2.67. The van der Waals surface area contributed by atoms with Crippen molar-refractivity contribution >= 4 is 5.97 Å². The fourth-order valence-electron chi connectivity index (χ4n) is 2.67. The number of aromatic nitrogens is 5. The lowest BCUT2D eigenvalue weighted by Gasteiger charge is -2.19. The second-order valence-corrected chi connectivity index (χ2v) is 6.17. The summed E-state index contributed by atoms with van der Waals surface area (Å²) in [7, 11) is 1.70. The van der Waals surface area contributed by atoms with E-state index in [-0.39, 0.29) is 5.56 Å². The van der Waals surface area contributed by atoms with Gasteiger partial charge in [0.1, 0.15) is 18.5 Å². The standard InChI is InChI=1S/C14H20N6O2.C2HF3O2/c1-22-6-5-18-3-2-4-20-13(9-18)17-12(7-14(20)21)8-19-11-15-10-16-19;3-2(4,5)1(6)7/h7,10-11H,2-6,8-9H2,1H3;(H,6,7). The van der Waals surface area contributed by atoms with Crippen LogP contribution in [0.2, 0.25) is 0 Å². The number of alkyl halides is 3. The zero-order valence-electron chi connectivity index (χ0n) is 15.7. The van der Waals surface area contributed by atoms with Gasteiger partial charge in [-0.1, -0.05) is 0 Å². The topological polar surface area (TPSA) is 115 Å². The van der Waals surface area contributed by atoms with Gasteiger partial charge < -0.3 is 9.84 Å². The van der Waals surface area contributed by atoms with E-state index in [9.17, 15) is 18.0 Å². The Morgan fingerprint density at radius 3 is 2.66 bits per heavy atom. The van der Waals surface area contributed by atoms with Crippen molar-refractivity contribution in [2.24, 2.45) is 0 Å². The Balaban J connectivity index is 0.000000370. The van der Waals surface area contributed by atoms with Gasteiger partial charge in [0.05, 0.1) is 25.4 Å². The maximum atomic E-state index is 12.3. The Kier molecular flexibility index (Phi) is 7.84. The number of aliphatic carboxylic acids is 1. The van der Waals surface area contributed by atoms with Crippen LogP contribution in [0.4, 0.5) is 13.2 Å². The lowest BCUT2D eigenvalue weighted by atomic mass is 10.3. The Hall–Kier alpha value is -2.80. The molecule has 3 rings (SSSR count). The summed E-state index contributed by atoms with van der Waals surface area (Å²) in [6, 6.07) is 1.59. The molecule has 29 heavy (non-hydrogen) atoms. The fraction of sp³-hybridized carbons (Fsp3) is 0.562. The van der Waals surface area contributed by atoms with Crippen LogP contribution in [0.3, 0.4) is 0 Å². The van der Waals surface area contributed by atoms with E-state index in [1.165, 1.54) is 6.33 Å². The number of hydrogen-bond donors (Lipinski definition) is 1. The summed E-state index contributed by atoms with van der Waals surface area (Å²) in [6.45, 7) is 4.33. The molecule has 0 radical (unpaired) electrons. The normalized spacial score (nSPS) is 14.5. The second kappa shape index (κ2) is 10.1. The van der Waals surface area contributed by atoms with Gasteiger partial charge in [-0.15, -0.1) is 0 Å². The molecule has 0 spiro atoms. The first kappa shape index (κ1) is 22.5. The second-order valence-electron chi connectivity index (χ2n) is 6.17. The van der Waals surface area contributed by atoms with Crippen LogP contribution in [-0.4, -0.2) is 73.3 Å². The third kappa shape index (κ3) is 6.94. The summed E-state index contributed by atoms with van der Waals surface area (Å²) in [5.41, 5.74) is 0.726. The predicted molar refractivity (Wildman–Crippen MR) is 93.1 cm³/mol. The van der Waals surface area contributed by atoms with Gasteiger partial charge in [0, 0.05) is 32.8 Å². The number of carboxylic acid groups (broad SMARTS) is 1. The summed E-state index contributed by atoms with van der Waals surface area (Å²) in [5.74, 6) is -1.94. The molecule has 0 unspecified atom stereocenters. The van der Waals surface area contributed by atoms with E-state index in [1.54, 1.807) is 28.8 Å². The first-order valence-corrected chi connectivity index (χ1v) is 8.64. The molecule has 0 aliphatic carbocycles. The van der Waals surface area contributed by atoms with Crippen LogP contribution in [0.15, 0.2) is 23.5 Å². The molecule has 0 bridgehead atoms. The third-order valence-corrected chi connectivity index (χ3v) is 4.01. The summed E-state index contributed by atoms with van der Waals surface area (Å²) >= 11 is 0. The SMILES string of the molecule is COCCN1CCCn2c(nc(Cn3cncn3)cc2=O)C1.O=C(O)C(F)(F)F. The minimum Gasteiger partial charge on any atom is -0.475 e. The molecule has 1 N–H and O–H groups in total. The molecule has 160 valence electrons. The summed E-state index contributed by atoms with van der Waals surface area (Å²) in [5, 5.41) is 11.2. The lowest BCUT2D eigenvalue weighted by Crippen LogP contribution is -2.29. The van der Waals surface area contributed by atoms with Gasteiger partial charge in [0.25, 0.3) is 5.56 Å². The molecule has 1 aliphatic rings. The highest BCUT2D eigenvalue weighted by Gasteiger charge is 2.38. The molecule has 0 aromatic carbocycles. The zero-order valence-corrected chi connectivity index (χ0v) is 15.7. The van der Waals surface area contributed by atoms with E-state index in [4.69, 9.17) is 14.6 Å². The molecular formula is C16H21F3N6O4. The molecule has 2 aromatic rings. The average Bonchev–Trinajstić information content (AvgIpc) is 3.05. The number of carboxylic acids is 1. The molecule has 0 amide bonds. The number of nitrogens with zero attached hydrogens (tertiary/aromatic N) is 6. The predicted octanol–water partition coefficient (Wildman–Crippen LogP) is 0.368. The Labute approximate surface area is 163 Å². The molecule has 13 heteroatoms. The number of fused-ring (bicyclic) bond motifs is 1. The van der Waals surface area contributed by atoms with Gasteiger partial charge in [0.15, 0.2) is 0 Å². The Morgan fingerprint density at radius 1 is 1.34 bits per heavy atom. The molecule has 10 nitrogen and oxygen atoms in total. The third-order valence-electron chi connectivity index (χ3n) is 4.01. The van der Waals surface area contributed by atoms with E-state index in [2.05, 4.69) is 20.0 Å². The number of hydrogen-bond acceptors (Lipinski definition) is 7. The van der Waals surface area contributed by atoms with Crippen molar-refractivity contribution in [2.75, 3.05) is 26.8 Å². The van der Waals surface area contributed by atoms with Crippen LogP contribution in [0.1, 0.15) is 17.9 Å². The van der Waals surface area contributed by atoms with Gasteiger partial charge >= 0.3 is 12.1 Å². The number of halogens is 3. The first-order valence-electron chi connectivity index (χ1n) is 8.64. The highest BCUT2D eigenvalue weighted by atomic mass is 19.4. The smallest absolute Gasteiger partial charge is 0.475 e. The lowest BCUT2D eigenvalue weighted by molar-refractivity contribution is -0.192. The number of carbonyl (C=O) groups is 1. The van der Waals surface area contributed by atoms with Crippen LogP contribution in [0.5, 0.6) is 0 Å². The Bertz CT molecular complexity index is 853. The summed E-state index contributed by atoms with van der Waals surface area (Å²) in [6.07, 6.45) is -1.04. The quantitative estimate of drug-likeness (QED) is 0.741. The van der Waals surface area contributed by atoms with Crippen molar-refractivity contribution in [3.63, 3.8) is 0 Å². The van der Waals surface area contributed by atoms with Gasteiger partial charge in [-0.3, -0.25) is 14.3 Å². The molecule has 0 saturated heterocycles. The van der Waals surface area contributed by atoms with E-state index in [0.29, 0.717) is 26.2 Å². The minimum absolute atomic E-state index is 0.00806. The molecular weight excluding hydrogens is 397 g/mol. The highest BCUT2D eigenvalue weighted by molar-refractivity contribution is 5.73. The largest absolute Gasteiger partial charge is 0.490 e. The van der Waals surface area contributed by atoms with Crippen molar-refractivity contribution in [1.29, 1.82) is 0 Å². The van der Waals surface area contributed by atoms with Crippen molar-refractivity contribution < 1.29 is 27.8 Å². The van der Waals surface area contributed by atoms with E-state index in [1.807, 2.05) is 0 Å². The number of rotatable bonds is 5. The van der Waals surface area contributed by atoms with Crippen molar-refractivity contribution in [3.05, 3.63) is 40.6 Å². The van der Waals surface area contributed by atoms with Gasteiger partial charge in [-0.2, -0.15) is 18.3 Å². The average molecular weight is 418 g/mol.